The molecular weight excluding hydrogens is 432 g/mol. The van der Waals surface area contributed by atoms with Gasteiger partial charge >= 0.3 is 6.03 Å². The van der Waals surface area contributed by atoms with Gasteiger partial charge in [-0.3, -0.25) is 4.68 Å². The lowest BCUT2D eigenvalue weighted by Crippen LogP contribution is -2.40. The van der Waals surface area contributed by atoms with Gasteiger partial charge in [-0.1, -0.05) is 11.6 Å². The molecule has 172 valence electrons. The number of aliphatic hydroxyl groups excluding tert-OH is 1. The van der Waals surface area contributed by atoms with Crippen molar-refractivity contribution in [1.29, 1.82) is 0 Å². The standard InChI is InChI=1S/C21H29ClN8O2/c1-12(31)8-30-11-17(6-24-30)26-20-23-7-18(22)19(28-20)25-16-4-13-9-29(10-14(13)5-16)21(32)27-15-2-3-15/h6-7,11-16,31H,2-5,8-10H2,1H3,(H,27,32)(H2,23,25,26,28). The van der Waals surface area contributed by atoms with Gasteiger partial charge in [0, 0.05) is 31.4 Å². The number of hydrogen-bond donors (Lipinski definition) is 4. The number of hydrogen-bond acceptors (Lipinski definition) is 7. The third-order valence-electron chi connectivity index (χ3n) is 6.37. The number of likely N-dealkylation sites (tertiary alicyclic amines) is 1. The van der Waals surface area contributed by atoms with Crippen LogP contribution in [0, 0.1) is 11.8 Å². The fraction of sp³-hybridized carbons (Fsp3) is 0.619. The monoisotopic (exact) mass is 460 g/mol. The number of anilines is 3. The highest BCUT2D eigenvalue weighted by Gasteiger charge is 2.43. The lowest BCUT2D eigenvalue weighted by molar-refractivity contribution is 0.168. The van der Waals surface area contributed by atoms with Gasteiger partial charge in [0.2, 0.25) is 5.95 Å². The van der Waals surface area contributed by atoms with E-state index >= 15 is 0 Å². The number of nitrogens with one attached hydrogen (secondary N) is 3. The van der Waals surface area contributed by atoms with E-state index in [4.69, 9.17) is 11.6 Å². The first-order valence-corrected chi connectivity index (χ1v) is 11.6. The Labute approximate surface area is 191 Å². The van der Waals surface area contributed by atoms with E-state index in [0.717, 1.165) is 44.5 Å². The second-order valence-electron chi connectivity index (χ2n) is 9.28. The van der Waals surface area contributed by atoms with Crippen LogP contribution in [0.3, 0.4) is 0 Å². The Kier molecular flexibility index (Phi) is 5.81. The number of urea groups is 1. The molecule has 2 saturated carbocycles. The van der Waals surface area contributed by atoms with Crippen LogP contribution in [0.25, 0.3) is 0 Å². The molecule has 5 rings (SSSR count). The van der Waals surface area contributed by atoms with Crippen LogP contribution in [0.5, 0.6) is 0 Å². The number of halogens is 1. The predicted molar refractivity (Wildman–Crippen MR) is 121 cm³/mol. The van der Waals surface area contributed by atoms with E-state index < -0.39 is 6.10 Å². The van der Waals surface area contributed by atoms with E-state index in [9.17, 15) is 9.90 Å². The highest BCUT2D eigenvalue weighted by Crippen LogP contribution is 2.40. The van der Waals surface area contributed by atoms with E-state index in [1.54, 1.807) is 30.2 Å². The first-order valence-electron chi connectivity index (χ1n) is 11.2. The van der Waals surface area contributed by atoms with Gasteiger partial charge in [0.25, 0.3) is 0 Å². The zero-order chi connectivity index (χ0) is 22.2. The highest BCUT2D eigenvalue weighted by atomic mass is 35.5. The van der Waals surface area contributed by atoms with Crippen LogP contribution in [-0.2, 0) is 6.54 Å². The van der Waals surface area contributed by atoms with Gasteiger partial charge in [0.05, 0.1) is 30.7 Å². The smallest absolute Gasteiger partial charge is 0.317 e. The SMILES string of the molecule is CC(O)Cn1cc(Nc2ncc(Cl)c(NC3CC4CN(C(=O)NC5CC5)CC4C3)n2)cn1. The largest absolute Gasteiger partial charge is 0.391 e. The second-order valence-corrected chi connectivity index (χ2v) is 9.68. The Bertz CT molecular complexity index is 964. The number of amides is 2. The normalized spacial score (nSPS) is 25.5. The molecule has 2 amide bonds. The maximum absolute atomic E-state index is 12.3. The molecule has 4 N–H and O–H groups in total. The second kappa shape index (κ2) is 8.74. The average molecular weight is 461 g/mol. The molecule has 10 nitrogen and oxygen atoms in total. The van der Waals surface area contributed by atoms with Crippen LogP contribution in [0.4, 0.5) is 22.2 Å². The van der Waals surface area contributed by atoms with Gasteiger partial charge < -0.3 is 26.0 Å². The molecule has 11 heteroatoms. The summed E-state index contributed by atoms with van der Waals surface area (Å²) < 4.78 is 1.66. The fourth-order valence-corrected chi connectivity index (χ4v) is 4.87. The number of fused-ring (bicyclic) bond motifs is 1. The molecule has 3 heterocycles. The van der Waals surface area contributed by atoms with Crippen LogP contribution >= 0.6 is 11.6 Å². The van der Waals surface area contributed by atoms with Crippen molar-refractivity contribution in [3.8, 4) is 0 Å². The molecule has 3 unspecified atom stereocenters. The van der Waals surface area contributed by atoms with Gasteiger partial charge in [0.15, 0.2) is 5.82 Å². The lowest BCUT2D eigenvalue weighted by atomic mass is 10.0. The summed E-state index contributed by atoms with van der Waals surface area (Å²) >= 11 is 6.36. The lowest BCUT2D eigenvalue weighted by Gasteiger charge is -2.21. The average Bonchev–Trinajstić information content (AvgIpc) is 3.11. The van der Waals surface area contributed by atoms with Crippen molar-refractivity contribution in [3.05, 3.63) is 23.6 Å². The van der Waals surface area contributed by atoms with Crippen molar-refractivity contribution < 1.29 is 9.90 Å². The maximum atomic E-state index is 12.3. The Balaban J connectivity index is 1.17. The van der Waals surface area contributed by atoms with E-state index in [1.807, 2.05) is 4.90 Å². The molecule has 2 aliphatic carbocycles. The zero-order valence-electron chi connectivity index (χ0n) is 18.0. The molecule has 2 aromatic heterocycles. The van der Waals surface area contributed by atoms with Crippen molar-refractivity contribution in [2.75, 3.05) is 23.7 Å². The molecule has 3 aliphatic rings. The topological polar surface area (TPSA) is 120 Å². The van der Waals surface area contributed by atoms with E-state index in [0.29, 0.717) is 41.2 Å². The summed E-state index contributed by atoms with van der Waals surface area (Å²) in [6.45, 7) is 3.77. The third kappa shape index (κ3) is 4.91. The summed E-state index contributed by atoms with van der Waals surface area (Å²) in [4.78, 5) is 23.1. The molecule has 0 radical (unpaired) electrons. The molecule has 1 saturated heterocycles. The fourth-order valence-electron chi connectivity index (χ4n) is 4.73. The van der Waals surface area contributed by atoms with Crippen LogP contribution in [0.15, 0.2) is 18.6 Å². The molecule has 0 spiro atoms. The number of carbonyl (C=O) groups is 1. The van der Waals surface area contributed by atoms with Crippen LogP contribution in [0.1, 0.15) is 32.6 Å². The number of carbonyl (C=O) groups excluding carboxylic acids is 1. The van der Waals surface area contributed by atoms with E-state index in [-0.39, 0.29) is 12.1 Å². The van der Waals surface area contributed by atoms with Crippen LogP contribution in [-0.4, -0.2) is 67.1 Å². The molecule has 2 aromatic rings. The number of rotatable bonds is 7. The van der Waals surface area contributed by atoms with Gasteiger partial charge in [0.1, 0.15) is 5.02 Å². The van der Waals surface area contributed by atoms with Crippen molar-refractivity contribution in [3.63, 3.8) is 0 Å². The summed E-state index contributed by atoms with van der Waals surface area (Å²) in [6, 6.07) is 0.762. The van der Waals surface area contributed by atoms with Crippen LogP contribution < -0.4 is 16.0 Å². The minimum Gasteiger partial charge on any atom is -0.391 e. The molecule has 0 aromatic carbocycles. The predicted octanol–water partition coefficient (Wildman–Crippen LogP) is 2.45. The van der Waals surface area contributed by atoms with E-state index in [1.165, 1.54) is 0 Å². The molecule has 3 fully saturated rings. The summed E-state index contributed by atoms with van der Waals surface area (Å²) in [5.74, 6) is 2.05. The summed E-state index contributed by atoms with van der Waals surface area (Å²) in [6.07, 6.45) is 8.77. The molecule has 1 aliphatic heterocycles. The van der Waals surface area contributed by atoms with Crippen molar-refractivity contribution in [2.45, 2.75) is 57.3 Å². The van der Waals surface area contributed by atoms with Gasteiger partial charge in [-0.15, -0.1) is 0 Å². The van der Waals surface area contributed by atoms with Crippen molar-refractivity contribution in [2.24, 2.45) is 11.8 Å². The first-order chi connectivity index (χ1) is 15.4. The summed E-state index contributed by atoms with van der Waals surface area (Å²) in [5, 5.41) is 23.9. The number of aromatic nitrogens is 4. The minimum atomic E-state index is -0.476. The summed E-state index contributed by atoms with van der Waals surface area (Å²) in [5.41, 5.74) is 0.735. The van der Waals surface area contributed by atoms with Gasteiger partial charge in [-0.05, 0) is 44.4 Å². The van der Waals surface area contributed by atoms with Gasteiger partial charge in [-0.25, -0.2) is 9.78 Å². The third-order valence-corrected chi connectivity index (χ3v) is 6.65. The Morgan fingerprint density at radius 1 is 1.25 bits per heavy atom. The Hall–Kier alpha value is -2.59. The molecular formula is C21H29ClN8O2. The Morgan fingerprint density at radius 3 is 2.69 bits per heavy atom. The van der Waals surface area contributed by atoms with Gasteiger partial charge in [-0.2, -0.15) is 10.1 Å². The molecule has 0 bridgehead atoms. The number of aliphatic hydroxyl groups is 1. The number of nitrogens with zero attached hydrogens (tertiary/aromatic N) is 5. The summed E-state index contributed by atoms with van der Waals surface area (Å²) in [7, 11) is 0. The quantitative estimate of drug-likeness (QED) is 0.500. The highest BCUT2D eigenvalue weighted by molar-refractivity contribution is 6.32. The van der Waals surface area contributed by atoms with Crippen LogP contribution in [0.2, 0.25) is 5.02 Å². The van der Waals surface area contributed by atoms with Crippen molar-refractivity contribution >= 4 is 35.1 Å². The maximum Gasteiger partial charge on any atom is 0.317 e. The van der Waals surface area contributed by atoms with E-state index in [2.05, 4.69) is 31.0 Å². The molecule has 32 heavy (non-hydrogen) atoms. The Morgan fingerprint density at radius 2 is 2.00 bits per heavy atom. The molecule has 3 atom stereocenters. The first kappa shape index (κ1) is 21.3. The van der Waals surface area contributed by atoms with Crippen molar-refractivity contribution in [1.82, 2.24) is 30.0 Å². The zero-order valence-corrected chi connectivity index (χ0v) is 18.8. The minimum absolute atomic E-state index is 0.0951.